The number of nitrogens with zero attached hydrogens (tertiary/aromatic N) is 1. The number of hydroxylamine groups is 2. The van der Waals surface area contributed by atoms with Gasteiger partial charge in [-0.2, -0.15) is 8.42 Å². The van der Waals surface area contributed by atoms with E-state index in [1.165, 1.54) is 84.9 Å². The maximum absolute atomic E-state index is 15.0. The monoisotopic (exact) mass is 1280 g/mol. The van der Waals surface area contributed by atoms with Crippen LogP contribution in [0.1, 0.15) is 73.3 Å². The number of alkyl halides is 2. The average Bonchev–Trinajstić information content (AvgIpc) is 1.16. The van der Waals surface area contributed by atoms with E-state index in [1.807, 2.05) is 22.8 Å². The Labute approximate surface area is 511 Å². The molecule has 0 saturated carbocycles. The van der Waals surface area contributed by atoms with E-state index in [9.17, 15) is 85.9 Å². The number of hydrogen-bond donors (Lipinski definition) is 2. The molecule has 8 aromatic carbocycles. The molecule has 0 atom stereocenters. The summed E-state index contributed by atoms with van der Waals surface area (Å²) in [5.74, 6) is -25.6. The number of hydrogen-bond acceptors (Lipinski definition) is 12. The van der Waals surface area contributed by atoms with Crippen LogP contribution in [0.4, 0.5) is 46.5 Å². The number of anilines is 2. The van der Waals surface area contributed by atoms with Gasteiger partial charge in [0.05, 0.1) is 5.34 Å². The minimum atomic E-state index is -5.83. The van der Waals surface area contributed by atoms with Crippen molar-refractivity contribution in [1.29, 1.82) is 0 Å². The summed E-state index contributed by atoms with van der Waals surface area (Å²) in [5.41, 5.74) is -1.58. The number of imide groups is 1. The van der Waals surface area contributed by atoms with Crippen LogP contribution >= 0.6 is 33.9 Å². The third kappa shape index (κ3) is 13.4. The topological polar surface area (TPSA) is 230 Å². The summed E-state index contributed by atoms with van der Waals surface area (Å²) < 4.78 is 168. The molecule has 1 aliphatic heterocycles. The second kappa shape index (κ2) is 27.1. The molecular formula is C56H31Cl3F8N3NaO12S2. The van der Waals surface area contributed by atoms with Crippen molar-refractivity contribution in [3.05, 3.63) is 231 Å². The van der Waals surface area contributed by atoms with Crippen molar-refractivity contribution in [2.45, 2.75) is 15.9 Å². The second-order valence-electron chi connectivity index (χ2n) is 17.0. The first-order valence-electron chi connectivity index (χ1n) is 23.1. The van der Waals surface area contributed by atoms with Crippen molar-refractivity contribution in [3.8, 4) is 0 Å². The van der Waals surface area contributed by atoms with Gasteiger partial charge in [-0.05, 0) is 58.3 Å². The Balaban J connectivity index is 0.000000218. The van der Waals surface area contributed by atoms with Gasteiger partial charge in [0.25, 0.3) is 32.7 Å². The summed E-state index contributed by atoms with van der Waals surface area (Å²) in [6.45, 7) is 7.05. The molecule has 29 heteroatoms. The zero-order chi connectivity index (χ0) is 61.9. The van der Waals surface area contributed by atoms with Crippen LogP contribution in [0, 0.1) is 51.7 Å². The second-order valence-corrected chi connectivity index (χ2v) is 21.8. The van der Waals surface area contributed by atoms with Gasteiger partial charge in [0.2, 0.25) is 17.7 Å². The van der Waals surface area contributed by atoms with Gasteiger partial charge in [-0.3, -0.25) is 28.8 Å². The molecule has 0 aromatic heterocycles. The Hall–Kier alpha value is -7.69. The third-order valence-corrected chi connectivity index (χ3v) is 14.7. The standard InChI is InChI=1S/C28H15F4NO6S.C15H8ClF4NO3S.C12H6NO3.CH2Cl2.Na/c1-2-13-9-11-15(12-10-13)33-28(36)19-20(29)22(31)27(23(32)21(19)30)40(37,38)39-26-24(34)16-7-3-5-14-6-4-8-17(18(14)16)25(26)35;1-2-7-3-5-8(6-4-7)21-15(22)9-10(17)12(19)14(25(16,23)24)13(20)11(9)18;14-11-8-5-1-3-7-4-2-6-9(10(7)8)12(15)13(11)16;2-1-3;/h2-12,26H,1H2,(H,33,36);2-6H,1H2,(H,21,22);1-6H;1H2;/q;;-1;;+1. The van der Waals surface area contributed by atoms with E-state index in [1.54, 1.807) is 36.4 Å². The molecule has 0 bridgehead atoms. The molecule has 0 radical (unpaired) electrons. The van der Waals surface area contributed by atoms with Gasteiger partial charge in [0.15, 0.2) is 56.3 Å². The predicted octanol–water partition coefficient (Wildman–Crippen LogP) is 9.87. The van der Waals surface area contributed by atoms with E-state index in [4.69, 9.17) is 33.9 Å². The number of nitrogens with one attached hydrogen (secondary N) is 2. The van der Waals surface area contributed by atoms with E-state index in [0.717, 1.165) is 5.39 Å². The Morgan fingerprint density at radius 3 is 1.15 bits per heavy atom. The molecule has 0 unspecified atom stereocenters. The van der Waals surface area contributed by atoms with Crippen molar-refractivity contribution < 1.29 is 114 Å². The minimum absolute atomic E-state index is 0. The Morgan fingerprint density at radius 1 is 0.529 bits per heavy atom. The van der Waals surface area contributed by atoms with Crippen LogP contribution in [0.2, 0.25) is 0 Å². The molecule has 2 aliphatic rings. The number of Topliss-reactive ketones (excluding diaryl/α,β-unsaturated/α-hetero) is 2. The molecule has 10 rings (SSSR count). The molecule has 432 valence electrons. The van der Waals surface area contributed by atoms with E-state index in [2.05, 4.69) is 17.3 Å². The minimum Gasteiger partial charge on any atom is -0.749 e. The fraction of sp³-hybridized carbons (Fsp3) is 0.0357. The number of carbonyl (C=O) groups is 6. The molecule has 4 amide bonds. The maximum Gasteiger partial charge on any atom is 1.00 e. The quantitative estimate of drug-likeness (QED) is 0.0190. The fourth-order valence-corrected chi connectivity index (χ4v) is 10.4. The summed E-state index contributed by atoms with van der Waals surface area (Å²) >= 11 is 9.53. The number of ketones is 2. The van der Waals surface area contributed by atoms with Crippen LogP contribution in [0.3, 0.4) is 0 Å². The SMILES string of the molecule is C=Cc1ccc(NC(=O)c2c(F)c(F)c(S(=O)(=O)Cl)c(F)c2F)cc1.C=Cc1ccc(NC(=O)c2c(F)c(F)c(S(=O)(=O)OC3C(=O)c4cccc5cccc(c45)C3=O)c(F)c2F)cc1.ClCCl.O=C1c2cccc3cccc(c23)C(=O)N1[O-].[Na+]. The molecule has 15 nitrogen and oxygen atoms in total. The summed E-state index contributed by atoms with van der Waals surface area (Å²) in [7, 11) is -6.19. The van der Waals surface area contributed by atoms with Crippen molar-refractivity contribution >= 4 is 133 Å². The van der Waals surface area contributed by atoms with E-state index < -0.39 is 128 Å². The van der Waals surface area contributed by atoms with Crippen LogP contribution in [-0.2, 0) is 23.4 Å². The molecule has 2 N–H and O–H groups in total. The first-order valence-corrected chi connectivity index (χ1v) is 27.9. The van der Waals surface area contributed by atoms with E-state index in [-0.39, 0.29) is 67.8 Å². The smallest absolute Gasteiger partial charge is 0.749 e. The maximum atomic E-state index is 15.0. The third-order valence-electron chi connectivity index (χ3n) is 12.1. The molecule has 1 heterocycles. The van der Waals surface area contributed by atoms with Gasteiger partial charge in [-0.15, -0.1) is 23.2 Å². The predicted molar refractivity (Wildman–Crippen MR) is 294 cm³/mol. The van der Waals surface area contributed by atoms with E-state index >= 15 is 0 Å². The molecule has 0 fully saturated rings. The van der Waals surface area contributed by atoms with Gasteiger partial charge in [0, 0.05) is 55.1 Å². The van der Waals surface area contributed by atoms with E-state index in [0.29, 0.717) is 33.0 Å². The summed E-state index contributed by atoms with van der Waals surface area (Å²) in [6.07, 6.45) is 0.558. The number of rotatable bonds is 10. The molecule has 0 spiro atoms. The molecule has 1 aliphatic carbocycles. The summed E-state index contributed by atoms with van der Waals surface area (Å²) in [4.78, 5) is 69.3. The first kappa shape index (κ1) is 66.4. The zero-order valence-corrected chi connectivity index (χ0v) is 48.6. The molecule has 85 heavy (non-hydrogen) atoms. The van der Waals surface area contributed by atoms with Crippen LogP contribution in [0.15, 0.2) is 144 Å². The largest absolute Gasteiger partial charge is 1.00 e. The normalized spacial score (nSPS) is 12.6. The van der Waals surface area contributed by atoms with Crippen LogP contribution in [0.25, 0.3) is 33.7 Å². The van der Waals surface area contributed by atoms with Gasteiger partial charge in [0.1, 0.15) is 11.1 Å². The summed E-state index contributed by atoms with van der Waals surface area (Å²) in [5, 5.41) is 17.6. The van der Waals surface area contributed by atoms with Crippen LogP contribution in [-0.4, -0.2) is 68.5 Å². The van der Waals surface area contributed by atoms with Crippen molar-refractivity contribution in [2.24, 2.45) is 0 Å². The number of halogens is 11. The van der Waals surface area contributed by atoms with Gasteiger partial charge >= 0.3 is 39.7 Å². The number of benzene rings is 8. The number of carbonyl (C=O) groups excluding carboxylic acids is 6. The molecule has 0 saturated heterocycles. The Bertz CT molecular complexity index is 4200. The summed E-state index contributed by atoms with van der Waals surface area (Å²) in [6, 6.07) is 30.2. The van der Waals surface area contributed by atoms with Crippen molar-refractivity contribution in [3.63, 3.8) is 0 Å². The molecular weight excluding hydrogens is 1250 g/mol. The Morgan fingerprint density at radius 2 is 0.835 bits per heavy atom. The average molecular weight is 1280 g/mol. The fourth-order valence-electron chi connectivity index (χ4n) is 8.27. The van der Waals surface area contributed by atoms with Crippen molar-refractivity contribution in [2.75, 3.05) is 16.0 Å². The van der Waals surface area contributed by atoms with Gasteiger partial charge in [-0.1, -0.05) is 110 Å². The Kier molecular flexibility index (Phi) is 21.2. The zero-order valence-electron chi connectivity index (χ0n) is 42.7. The van der Waals surface area contributed by atoms with Crippen molar-refractivity contribution in [1.82, 2.24) is 5.06 Å². The first-order chi connectivity index (χ1) is 39.6. The van der Waals surface area contributed by atoms with Gasteiger partial charge in [-0.25, -0.2) is 47.7 Å². The number of amides is 4. The molecule has 8 aromatic rings. The van der Waals surface area contributed by atoms with Crippen LogP contribution < -0.4 is 40.2 Å². The van der Waals surface area contributed by atoms with Gasteiger partial charge < -0.3 is 20.9 Å². The van der Waals surface area contributed by atoms with Crippen LogP contribution in [0.5, 0.6) is 0 Å².